The van der Waals surface area contributed by atoms with E-state index in [4.69, 9.17) is 0 Å². The van der Waals surface area contributed by atoms with E-state index in [1.165, 1.54) is 34.9 Å². The molecule has 0 amide bonds. The van der Waals surface area contributed by atoms with Crippen molar-refractivity contribution in [2.45, 2.75) is 18.8 Å². The first-order valence-electron chi connectivity index (χ1n) is 6.84. The van der Waals surface area contributed by atoms with Gasteiger partial charge in [-0.25, -0.2) is 0 Å². The second kappa shape index (κ2) is 4.20. The molecule has 2 aromatic carbocycles. The smallest absolute Gasteiger partial charge is 0.0704 e. The topological polar surface area (TPSA) is 12.9 Å². The van der Waals surface area contributed by atoms with Gasteiger partial charge in [-0.15, -0.1) is 0 Å². The van der Waals surface area contributed by atoms with Gasteiger partial charge < -0.3 is 0 Å². The number of rotatable bonds is 1. The highest BCUT2D eigenvalue weighted by molar-refractivity contribution is 5.79. The Morgan fingerprint density at radius 3 is 2.89 bits per heavy atom. The standard InChI is InChI=1S/C18H15N/c1-2-6-16-13(4-1)9-10-17(16)15-8-7-14-5-3-11-19-18(14)12-15/h1-8,11-12,17H,9-10H2. The Balaban J connectivity index is 1.83. The molecule has 1 unspecified atom stereocenters. The molecule has 1 aliphatic carbocycles. The maximum Gasteiger partial charge on any atom is 0.0704 e. The van der Waals surface area contributed by atoms with Crippen LogP contribution in [-0.2, 0) is 6.42 Å². The zero-order valence-corrected chi connectivity index (χ0v) is 10.7. The van der Waals surface area contributed by atoms with E-state index in [0.717, 1.165) is 5.52 Å². The van der Waals surface area contributed by atoms with Gasteiger partial charge >= 0.3 is 0 Å². The summed E-state index contributed by atoms with van der Waals surface area (Å²) in [6, 6.07) is 19.6. The Morgan fingerprint density at radius 1 is 0.947 bits per heavy atom. The molecule has 1 heteroatoms. The predicted molar refractivity (Wildman–Crippen MR) is 78.3 cm³/mol. The van der Waals surface area contributed by atoms with E-state index >= 15 is 0 Å². The van der Waals surface area contributed by atoms with E-state index in [0.29, 0.717) is 5.92 Å². The lowest BCUT2D eigenvalue weighted by Crippen LogP contribution is -1.96. The third kappa shape index (κ3) is 1.74. The fourth-order valence-corrected chi connectivity index (χ4v) is 3.20. The third-order valence-corrected chi connectivity index (χ3v) is 4.17. The highest BCUT2D eigenvalue weighted by Gasteiger charge is 2.23. The second-order valence-corrected chi connectivity index (χ2v) is 5.25. The molecule has 1 aromatic heterocycles. The Hall–Kier alpha value is -2.15. The maximum atomic E-state index is 4.47. The summed E-state index contributed by atoms with van der Waals surface area (Å²) in [4.78, 5) is 4.47. The van der Waals surface area contributed by atoms with Gasteiger partial charge in [-0.1, -0.05) is 42.5 Å². The first kappa shape index (κ1) is 10.7. The van der Waals surface area contributed by atoms with Crippen molar-refractivity contribution >= 4 is 10.9 Å². The average Bonchev–Trinajstić information content (AvgIpc) is 2.91. The molecule has 92 valence electrons. The normalized spacial score (nSPS) is 17.6. The molecule has 0 saturated heterocycles. The molecule has 0 radical (unpaired) electrons. The first-order chi connectivity index (χ1) is 9.42. The van der Waals surface area contributed by atoms with Crippen molar-refractivity contribution < 1.29 is 0 Å². The van der Waals surface area contributed by atoms with Crippen molar-refractivity contribution in [3.05, 3.63) is 77.5 Å². The minimum atomic E-state index is 0.544. The molecule has 0 bridgehead atoms. The number of aryl methyl sites for hydroxylation is 1. The van der Waals surface area contributed by atoms with Crippen LogP contribution in [0.1, 0.15) is 29.0 Å². The summed E-state index contributed by atoms with van der Waals surface area (Å²) in [6.45, 7) is 0. The van der Waals surface area contributed by atoms with Crippen LogP contribution in [-0.4, -0.2) is 4.98 Å². The van der Waals surface area contributed by atoms with Crippen LogP contribution in [0.15, 0.2) is 60.8 Å². The molecule has 0 N–H and O–H groups in total. The fraction of sp³-hybridized carbons (Fsp3) is 0.167. The minimum absolute atomic E-state index is 0.544. The van der Waals surface area contributed by atoms with E-state index in [9.17, 15) is 0 Å². The average molecular weight is 245 g/mol. The van der Waals surface area contributed by atoms with Gasteiger partial charge in [0.2, 0.25) is 0 Å². The number of fused-ring (bicyclic) bond motifs is 2. The lowest BCUT2D eigenvalue weighted by molar-refractivity contribution is 0.789. The van der Waals surface area contributed by atoms with Crippen molar-refractivity contribution in [3.8, 4) is 0 Å². The number of nitrogens with zero attached hydrogens (tertiary/aromatic N) is 1. The van der Waals surface area contributed by atoms with Gasteiger partial charge in [0.05, 0.1) is 5.52 Å². The summed E-state index contributed by atoms with van der Waals surface area (Å²) in [7, 11) is 0. The lowest BCUT2D eigenvalue weighted by atomic mass is 9.92. The molecular formula is C18H15N. The Morgan fingerprint density at radius 2 is 1.89 bits per heavy atom. The first-order valence-corrected chi connectivity index (χ1v) is 6.84. The molecule has 1 aliphatic rings. The van der Waals surface area contributed by atoms with Crippen LogP contribution >= 0.6 is 0 Å². The molecule has 0 saturated carbocycles. The van der Waals surface area contributed by atoms with Gasteiger partial charge in [-0.05, 0) is 41.7 Å². The van der Waals surface area contributed by atoms with E-state index in [1.807, 2.05) is 12.3 Å². The van der Waals surface area contributed by atoms with E-state index < -0.39 is 0 Å². The van der Waals surface area contributed by atoms with E-state index in [2.05, 4.69) is 53.5 Å². The fourth-order valence-electron chi connectivity index (χ4n) is 3.20. The van der Waals surface area contributed by atoms with E-state index in [-0.39, 0.29) is 0 Å². The molecule has 0 spiro atoms. The second-order valence-electron chi connectivity index (χ2n) is 5.25. The number of hydrogen-bond acceptors (Lipinski definition) is 1. The van der Waals surface area contributed by atoms with Gasteiger partial charge in [0.15, 0.2) is 0 Å². The van der Waals surface area contributed by atoms with E-state index in [1.54, 1.807) is 0 Å². The van der Waals surface area contributed by atoms with Gasteiger partial charge in [-0.2, -0.15) is 0 Å². The molecule has 3 aromatic rings. The van der Waals surface area contributed by atoms with Crippen molar-refractivity contribution in [1.29, 1.82) is 0 Å². The number of hydrogen-bond donors (Lipinski definition) is 0. The quantitative estimate of drug-likeness (QED) is 0.622. The molecule has 0 aliphatic heterocycles. The van der Waals surface area contributed by atoms with Crippen LogP contribution in [0.25, 0.3) is 10.9 Å². The highest BCUT2D eigenvalue weighted by Crippen LogP contribution is 2.38. The monoisotopic (exact) mass is 245 g/mol. The van der Waals surface area contributed by atoms with Crippen LogP contribution in [0.2, 0.25) is 0 Å². The third-order valence-electron chi connectivity index (χ3n) is 4.17. The Bertz CT molecular complexity index is 745. The van der Waals surface area contributed by atoms with Gasteiger partial charge in [0.25, 0.3) is 0 Å². The van der Waals surface area contributed by atoms with Gasteiger partial charge in [-0.3, -0.25) is 4.98 Å². The van der Waals surface area contributed by atoms with Crippen LogP contribution in [0.4, 0.5) is 0 Å². The number of pyridine rings is 1. The van der Waals surface area contributed by atoms with Crippen molar-refractivity contribution in [2.24, 2.45) is 0 Å². The van der Waals surface area contributed by atoms with Crippen LogP contribution in [0.3, 0.4) is 0 Å². The highest BCUT2D eigenvalue weighted by atomic mass is 14.6. The predicted octanol–water partition coefficient (Wildman–Crippen LogP) is 4.31. The summed E-state index contributed by atoms with van der Waals surface area (Å²) in [5.41, 5.74) is 5.51. The summed E-state index contributed by atoms with van der Waals surface area (Å²) < 4.78 is 0. The zero-order chi connectivity index (χ0) is 12.7. The maximum absolute atomic E-state index is 4.47. The SMILES string of the molecule is c1ccc2c(c1)CCC2c1ccc2cccnc2c1. The van der Waals surface area contributed by atoms with Gasteiger partial charge in [0.1, 0.15) is 0 Å². The largest absolute Gasteiger partial charge is 0.256 e. The number of benzene rings is 2. The van der Waals surface area contributed by atoms with Crippen molar-refractivity contribution in [3.63, 3.8) is 0 Å². The van der Waals surface area contributed by atoms with Crippen LogP contribution in [0.5, 0.6) is 0 Å². The zero-order valence-electron chi connectivity index (χ0n) is 10.7. The summed E-state index contributed by atoms with van der Waals surface area (Å²) in [5, 5.41) is 1.22. The van der Waals surface area contributed by atoms with Crippen LogP contribution in [0, 0.1) is 0 Å². The minimum Gasteiger partial charge on any atom is -0.256 e. The molecule has 4 rings (SSSR count). The van der Waals surface area contributed by atoms with Crippen molar-refractivity contribution in [1.82, 2.24) is 4.98 Å². The van der Waals surface area contributed by atoms with Crippen molar-refractivity contribution in [2.75, 3.05) is 0 Å². The Kier molecular flexibility index (Phi) is 2.37. The number of aromatic nitrogens is 1. The summed E-state index contributed by atoms with van der Waals surface area (Å²) >= 11 is 0. The lowest BCUT2D eigenvalue weighted by Gasteiger charge is -2.12. The summed E-state index contributed by atoms with van der Waals surface area (Å²) in [5.74, 6) is 0.544. The van der Waals surface area contributed by atoms with Crippen LogP contribution < -0.4 is 0 Å². The molecule has 1 nitrogen and oxygen atoms in total. The molecular weight excluding hydrogens is 230 g/mol. The molecule has 1 heterocycles. The summed E-state index contributed by atoms with van der Waals surface area (Å²) in [6.07, 6.45) is 4.29. The molecule has 19 heavy (non-hydrogen) atoms. The Labute approximate surface area is 112 Å². The molecule has 0 fully saturated rings. The van der Waals surface area contributed by atoms with Gasteiger partial charge in [0, 0.05) is 17.5 Å². The molecule has 1 atom stereocenters.